The molecule has 0 saturated carbocycles. The number of nitrogens with zero attached hydrogens (tertiary/aromatic N) is 3. The van der Waals surface area contributed by atoms with Crippen LogP contribution in [0, 0.1) is 5.82 Å². The highest BCUT2D eigenvalue weighted by atomic mass is 79.9. The molecule has 186 valence electrons. The van der Waals surface area contributed by atoms with Crippen molar-refractivity contribution in [3.63, 3.8) is 0 Å². The highest BCUT2D eigenvalue weighted by Gasteiger charge is 2.14. The molecule has 4 aromatic rings. The van der Waals surface area contributed by atoms with Crippen molar-refractivity contribution in [1.29, 1.82) is 0 Å². The summed E-state index contributed by atoms with van der Waals surface area (Å²) in [5.74, 6) is 0.962. The molecule has 0 fully saturated rings. The number of ether oxygens (including phenoxy) is 2. The van der Waals surface area contributed by atoms with Crippen LogP contribution in [0.1, 0.15) is 36.7 Å². The van der Waals surface area contributed by atoms with Gasteiger partial charge in [-0.2, -0.15) is 9.78 Å². The molecule has 0 spiro atoms. The molecule has 0 saturated heterocycles. The number of fused-ring (bicyclic) bond motifs is 1. The summed E-state index contributed by atoms with van der Waals surface area (Å²) < 4.78 is 26.9. The van der Waals surface area contributed by atoms with Gasteiger partial charge in [-0.05, 0) is 60.0 Å². The zero-order chi connectivity index (χ0) is 25.7. The van der Waals surface area contributed by atoms with Crippen molar-refractivity contribution in [3.8, 4) is 11.5 Å². The van der Waals surface area contributed by atoms with Crippen molar-refractivity contribution in [2.24, 2.45) is 5.10 Å². The molecule has 0 aliphatic carbocycles. The maximum atomic E-state index is 13.5. The van der Waals surface area contributed by atoms with Gasteiger partial charge in [-0.15, -0.1) is 0 Å². The molecule has 6 nitrogen and oxygen atoms in total. The Morgan fingerprint density at radius 3 is 2.78 bits per heavy atom. The number of aryl methyl sites for hydroxylation is 1. The topological polar surface area (TPSA) is 65.7 Å². The second-order valence-corrected chi connectivity index (χ2v) is 9.43. The summed E-state index contributed by atoms with van der Waals surface area (Å²) in [7, 11) is 1.50. The van der Waals surface area contributed by atoms with E-state index in [4.69, 9.17) is 21.1 Å². The van der Waals surface area contributed by atoms with Crippen LogP contribution in [-0.2, 0) is 13.0 Å². The summed E-state index contributed by atoms with van der Waals surface area (Å²) in [6, 6.07) is 14.9. The Hall–Kier alpha value is -3.23. The van der Waals surface area contributed by atoms with Crippen molar-refractivity contribution in [2.75, 3.05) is 7.11 Å². The van der Waals surface area contributed by atoms with Crippen LogP contribution in [0.15, 0.2) is 69.0 Å². The lowest BCUT2D eigenvalue weighted by molar-refractivity contribution is 0.284. The van der Waals surface area contributed by atoms with Crippen molar-refractivity contribution in [2.45, 2.75) is 32.8 Å². The molecule has 9 heteroatoms. The van der Waals surface area contributed by atoms with Gasteiger partial charge < -0.3 is 9.47 Å². The third kappa shape index (κ3) is 5.94. The molecule has 0 atom stereocenters. The number of hydrogen-bond donors (Lipinski definition) is 0. The molecule has 0 N–H and O–H groups in total. The fourth-order valence-electron chi connectivity index (χ4n) is 3.67. The minimum absolute atomic E-state index is 0.121. The van der Waals surface area contributed by atoms with Gasteiger partial charge in [-0.25, -0.2) is 9.37 Å². The Morgan fingerprint density at radius 2 is 2.03 bits per heavy atom. The Kier molecular flexibility index (Phi) is 8.38. The lowest BCUT2D eigenvalue weighted by atomic mass is 10.2. The van der Waals surface area contributed by atoms with Crippen LogP contribution in [0.2, 0.25) is 5.02 Å². The van der Waals surface area contributed by atoms with E-state index in [2.05, 4.69) is 32.9 Å². The molecular formula is C27H24BrClFN3O3. The lowest BCUT2D eigenvalue weighted by Crippen LogP contribution is -2.22. The van der Waals surface area contributed by atoms with Crippen LogP contribution in [0.3, 0.4) is 0 Å². The molecule has 0 unspecified atom stereocenters. The first-order valence-electron chi connectivity index (χ1n) is 11.4. The Morgan fingerprint density at radius 1 is 1.19 bits per heavy atom. The van der Waals surface area contributed by atoms with Gasteiger partial charge in [0, 0.05) is 10.9 Å². The first kappa shape index (κ1) is 25.9. The normalized spacial score (nSPS) is 11.4. The molecule has 1 aromatic heterocycles. The van der Waals surface area contributed by atoms with E-state index in [0.29, 0.717) is 50.8 Å². The maximum absolute atomic E-state index is 13.5. The highest BCUT2D eigenvalue weighted by Crippen LogP contribution is 2.36. The average Bonchev–Trinajstić information content (AvgIpc) is 2.86. The van der Waals surface area contributed by atoms with E-state index >= 15 is 0 Å². The number of benzene rings is 3. The molecule has 1 heterocycles. The zero-order valence-corrected chi connectivity index (χ0v) is 22.1. The second-order valence-electron chi connectivity index (χ2n) is 8.11. The Labute approximate surface area is 221 Å². The molecule has 0 aliphatic heterocycles. The summed E-state index contributed by atoms with van der Waals surface area (Å²) >= 11 is 9.91. The smallest absolute Gasteiger partial charge is 0.282 e. The predicted octanol–water partition coefficient (Wildman–Crippen LogP) is 6.76. The van der Waals surface area contributed by atoms with Gasteiger partial charge in [-0.3, -0.25) is 4.79 Å². The van der Waals surface area contributed by atoms with E-state index in [1.807, 2.05) is 12.1 Å². The van der Waals surface area contributed by atoms with Gasteiger partial charge in [0.2, 0.25) is 0 Å². The van der Waals surface area contributed by atoms with Gasteiger partial charge in [0.15, 0.2) is 11.5 Å². The number of methoxy groups -OCH3 is 1. The predicted molar refractivity (Wildman–Crippen MR) is 144 cm³/mol. The fraction of sp³-hybridized carbons (Fsp3) is 0.222. The van der Waals surface area contributed by atoms with E-state index in [0.717, 1.165) is 17.3 Å². The molecule has 3 aromatic carbocycles. The summed E-state index contributed by atoms with van der Waals surface area (Å²) in [5.41, 5.74) is 1.65. The molecule has 4 rings (SSSR count). The molecule has 0 radical (unpaired) electrons. The number of aromatic nitrogens is 2. The molecular weight excluding hydrogens is 549 g/mol. The van der Waals surface area contributed by atoms with Crippen LogP contribution >= 0.6 is 27.5 Å². The molecule has 0 bridgehead atoms. The van der Waals surface area contributed by atoms with Gasteiger partial charge in [0.05, 0.1) is 29.2 Å². The molecule has 36 heavy (non-hydrogen) atoms. The van der Waals surface area contributed by atoms with E-state index in [-0.39, 0.29) is 18.0 Å². The van der Waals surface area contributed by atoms with E-state index in [9.17, 15) is 9.18 Å². The third-order valence-corrected chi connectivity index (χ3v) is 6.25. The van der Waals surface area contributed by atoms with E-state index in [1.54, 1.807) is 30.3 Å². The number of halogens is 3. The summed E-state index contributed by atoms with van der Waals surface area (Å²) in [6.45, 7) is 2.20. The third-order valence-electron chi connectivity index (χ3n) is 5.48. The van der Waals surface area contributed by atoms with Crippen LogP contribution in [0.4, 0.5) is 4.39 Å². The van der Waals surface area contributed by atoms with Crippen LogP contribution in [0.25, 0.3) is 10.9 Å². The Balaban J connectivity index is 1.67. The van der Waals surface area contributed by atoms with Crippen LogP contribution in [-0.4, -0.2) is 23.0 Å². The second kappa shape index (κ2) is 11.7. The van der Waals surface area contributed by atoms with Crippen LogP contribution in [0.5, 0.6) is 11.5 Å². The maximum Gasteiger partial charge on any atom is 0.282 e. The zero-order valence-electron chi connectivity index (χ0n) is 19.8. The van der Waals surface area contributed by atoms with Gasteiger partial charge in [0.25, 0.3) is 5.56 Å². The van der Waals surface area contributed by atoms with E-state index in [1.165, 1.54) is 30.1 Å². The molecule has 0 amide bonds. The first-order valence-corrected chi connectivity index (χ1v) is 12.6. The minimum Gasteiger partial charge on any atom is -0.493 e. The summed E-state index contributed by atoms with van der Waals surface area (Å²) in [4.78, 5) is 17.9. The summed E-state index contributed by atoms with van der Waals surface area (Å²) in [6.07, 6.45) is 3.99. The van der Waals surface area contributed by atoms with Crippen molar-refractivity contribution in [1.82, 2.24) is 9.66 Å². The van der Waals surface area contributed by atoms with Crippen LogP contribution < -0.4 is 15.0 Å². The fourth-order valence-corrected chi connectivity index (χ4v) is 4.31. The standard InChI is InChI=1S/C27H24BrClFN3O3/c1-3-4-8-25-32-23-10-9-19(28)14-21(23)27(34)33(25)31-15-18-12-22(29)26(24(13-18)35-2)36-16-17-6-5-7-20(30)11-17/h5-7,9-15H,3-4,8,16H2,1-2H3. The number of unbranched alkanes of at least 4 members (excludes halogenated alkanes) is 1. The highest BCUT2D eigenvalue weighted by molar-refractivity contribution is 9.10. The number of rotatable bonds is 9. The Bertz CT molecular complexity index is 1490. The molecule has 0 aliphatic rings. The van der Waals surface area contributed by atoms with Crippen molar-refractivity contribution >= 4 is 44.6 Å². The SMILES string of the molecule is CCCCc1nc2ccc(Br)cc2c(=O)n1N=Cc1cc(Cl)c(OCc2cccc(F)c2)c(OC)c1. The van der Waals surface area contributed by atoms with Gasteiger partial charge >= 0.3 is 0 Å². The number of hydrogen-bond acceptors (Lipinski definition) is 5. The first-order chi connectivity index (χ1) is 17.4. The average molecular weight is 573 g/mol. The van der Waals surface area contributed by atoms with Gasteiger partial charge in [0.1, 0.15) is 18.2 Å². The quantitative estimate of drug-likeness (QED) is 0.208. The monoisotopic (exact) mass is 571 g/mol. The van der Waals surface area contributed by atoms with E-state index < -0.39 is 0 Å². The van der Waals surface area contributed by atoms with Crippen molar-refractivity contribution in [3.05, 3.63) is 97.2 Å². The van der Waals surface area contributed by atoms with Gasteiger partial charge in [-0.1, -0.05) is 53.0 Å². The van der Waals surface area contributed by atoms with Crippen molar-refractivity contribution < 1.29 is 13.9 Å². The largest absolute Gasteiger partial charge is 0.493 e. The lowest BCUT2D eigenvalue weighted by Gasteiger charge is -2.13. The minimum atomic E-state index is -0.343. The summed E-state index contributed by atoms with van der Waals surface area (Å²) in [5, 5.41) is 5.23.